The third-order valence-electron chi connectivity index (χ3n) is 1.73. The molecule has 0 spiro atoms. The summed E-state index contributed by atoms with van der Waals surface area (Å²) in [5.74, 6) is -0.208. The van der Waals surface area contributed by atoms with Gasteiger partial charge in [-0.3, -0.25) is 0 Å². The van der Waals surface area contributed by atoms with E-state index < -0.39 is 0 Å². The van der Waals surface area contributed by atoms with Crippen LogP contribution in [0, 0.1) is 12.7 Å². The summed E-state index contributed by atoms with van der Waals surface area (Å²) < 4.78 is 13.0. The van der Waals surface area contributed by atoms with Crippen LogP contribution in [-0.4, -0.2) is 0 Å². The van der Waals surface area contributed by atoms with Gasteiger partial charge >= 0.3 is 0 Å². The zero-order chi connectivity index (χ0) is 8.43. The van der Waals surface area contributed by atoms with Gasteiger partial charge in [-0.1, -0.05) is 12.1 Å². The van der Waals surface area contributed by atoms with Gasteiger partial charge < -0.3 is 5.73 Å². The molecule has 0 aromatic heterocycles. The highest BCUT2D eigenvalue weighted by Crippen LogP contribution is 2.18. The van der Waals surface area contributed by atoms with Crippen LogP contribution in [0.25, 0.3) is 0 Å². The molecule has 1 unspecified atom stereocenters. The van der Waals surface area contributed by atoms with Crippen molar-refractivity contribution >= 4 is 0 Å². The quantitative estimate of drug-likeness (QED) is 0.657. The average molecular weight is 153 g/mol. The van der Waals surface area contributed by atoms with Crippen molar-refractivity contribution in [2.75, 3.05) is 0 Å². The topological polar surface area (TPSA) is 26.0 Å². The molecular formula is C9H12FN. The second-order valence-corrected chi connectivity index (χ2v) is 2.76. The summed E-state index contributed by atoms with van der Waals surface area (Å²) >= 11 is 0. The Hall–Kier alpha value is -0.890. The van der Waals surface area contributed by atoms with Gasteiger partial charge in [0.15, 0.2) is 0 Å². The third kappa shape index (κ3) is 1.57. The number of hydrogen-bond acceptors (Lipinski definition) is 1. The maximum absolute atomic E-state index is 13.0. The van der Waals surface area contributed by atoms with Gasteiger partial charge in [-0.15, -0.1) is 0 Å². The zero-order valence-electron chi connectivity index (χ0n) is 6.76. The summed E-state index contributed by atoms with van der Waals surface area (Å²) in [7, 11) is 0. The summed E-state index contributed by atoms with van der Waals surface area (Å²) in [5.41, 5.74) is 7.11. The lowest BCUT2D eigenvalue weighted by Crippen LogP contribution is -2.09. The molecule has 1 atom stereocenters. The Morgan fingerprint density at radius 3 is 2.45 bits per heavy atom. The molecule has 2 N–H and O–H groups in total. The molecule has 0 aliphatic carbocycles. The van der Waals surface area contributed by atoms with Crippen LogP contribution in [0.15, 0.2) is 18.2 Å². The van der Waals surface area contributed by atoms with Crippen molar-refractivity contribution in [3.05, 3.63) is 35.1 Å². The van der Waals surface area contributed by atoms with E-state index in [1.54, 1.807) is 13.0 Å². The Balaban J connectivity index is 3.21. The highest BCUT2D eigenvalue weighted by molar-refractivity contribution is 5.29. The van der Waals surface area contributed by atoms with Crippen LogP contribution in [0.1, 0.15) is 24.1 Å². The molecule has 0 fully saturated rings. The van der Waals surface area contributed by atoms with Gasteiger partial charge in [0.1, 0.15) is 5.82 Å². The lowest BCUT2D eigenvalue weighted by molar-refractivity contribution is 0.591. The van der Waals surface area contributed by atoms with Crippen molar-refractivity contribution in [2.45, 2.75) is 19.9 Å². The SMILES string of the molecule is Cc1cccc(F)c1C(C)N. The first kappa shape index (κ1) is 8.21. The standard InChI is InChI=1S/C9H12FN/c1-6-4-3-5-8(10)9(6)7(2)11/h3-5,7H,11H2,1-2H3. The van der Waals surface area contributed by atoms with Crippen LogP contribution in [0.4, 0.5) is 4.39 Å². The van der Waals surface area contributed by atoms with Gasteiger partial charge in [-0.25, -0.2) is 4.39 Å². The van der Waals surface area contributed by atoms with Crippen LogP contribution in [0.3, 0.4) is 0 Å². The van der Waals surface area contributed by atoms with Crippen molar-refractivity contribution in [3.8, 4) is 0 Å². The number of halogens is 1. The summed E-state index contributed by atoms with van der Waals surface area (Å²) in [6.45, 7) is 3.65. The van der Waals surface area contributed by atoms with Crippen molar-refractivity contribution in [1.29, 1.82) is 0 Å². The van der Waals surface area contributed by atoms with E-state index in [1.165, 1.54) is 6.07 Å². The molecule has 0 radical (unpaired) electrons. The van der Waals surface area contributed by atoms with E-state index in [1.807, 2.05) is 13.0 Å². The van der Waals surface area contributed by atoms with Crippen molar-refractivity contribution in [1.82, 2.24) is 0 Å². The van der Waals surface area contributed by atoms with Gasteiger partial charge in [-0.2, -0.15) is 0 Å². The van der Waals surface area contributed by atoms with E-state index in [9.17, 15) is 4.39 Å². The van der Waals surface area contributed by atoms with E-state index in [2.05, 4.69) is 0 Å². The molecule has 0 aliphatic heterocycles. The number of benzene rings is 1. The Kier molecular flexibility index (Phi) is 2.25. The Morgan fingerprint density at radius 1 is 1.45 bits per heavy atom. The van der Waals surface area contributed by atoms with Crippen LogP contribution < -0.4 is 5.73 Å². The summed E-state index contributed by atoms with van der Waals surface area (Å²) in [6, 6.07) is 4.76. The Labute approximate surface area is 66.0 Å². The molecule has 1 aromatic carbocycles. The fourth-order valence-corrected chi connectivity index (χ4v) is 1.22. The van der Waals surface area contributed by atoms with Crippen LogP contribution >= 0.6 is 0 Å². The molecule has 1 aromatic rings. The normalized spacial score (nSPS) is 13.1. The fraction of sp³-hybridized carbons (Fsp3) is 0.333. The maximum Gasteiger partial charge on any atom is 0.128 e. The molecule has 11 heavy (non-hydrogen) atoms. The summed E-state index contributed by atoms with van der Waals surface area (Å²) in [4.78, 5) is 0. The highest BCUT2D eigenvalue weighted by atomic mass is 19.1. The molecule has 0 saturated carbocycles. The van der Waals surface area contributed by atoms with Gasteiger partial charge in [0, 0.05) is 11.6 Å². The minimum absolute atomic E-state index is 0.208. The van der Waals surface area contributed by atoms with E-state index in [-0.39, 0.29) is 11.9 Å². The number of nitrogens with two attached hydrogens (primary N) is 1. The molecule has 2 heteroatoms. The first-order chi connectivity index (χ1) is 5.13. The largest absolute Gasteiger partial charge is 0.324 e. The minimum Gasteiger partial charge on any atom is -0.324 e. The van der Waals surface area contributed by atoms with Gasteiger partial charge in [0.2, 0.25) is 0 Å². The number of rotatable bonds is 1. The molecule has 1 nitrogen and oxygen atoms in total. The molecular weight excluding hydrogens is 141 g/mol. The van der Waals surface area contributed by atoms with E-state index >= 15 is 0 Å². The van der Waals surface area contributed by atoms with E-state index in [4.69, 9.17) is 5.73 Å². The van der Waals surface area contributed by atoms with Gasteiger partial charge in [0.25, 0.3) is 0 Å². The molecule has 0 bridgehead atoms. The van der Waals surface area contributed by atoms with Crippen LogP contribution in [0.2, 0.25) is 0 Å². The lowest BCUT2D eigenvalue weighted by atomic mass is 10.0. The molecule has 1 rings (SSSR count). The monoisotopic (exact) mass is 153 g/mol. The number of aryl methyl sites for hydroxylation is 1. The molecule has 0 aliphatic rings. The van der Waals surface area contributed by atoms with Gasteiger partial charge in [-0.05, 0) is 25.5 Å². The second kappa shape index (κ2) is 3.01. The number of hydrogen-bond donors (Lipinski definition) is 1. The fourth-order valence-electron chi connectivity index (χ4n) is 1.22. The minimum atomic E-state index is -0.226. The zero-order valence-corrected chi connectivity index (χ0v) is 6.76. The van der Waals surface area contributed by atoms with Crippen molar-refractivity contribution in [3.63, 3.8) is 0 Å². The molecule has 0 heterocycles. The predicted molar refractivity (Wildman–Crippen MR) is 43.7 cm³/mol. The smallest absolute Gasteiger partial charge is 0.128 e. The van der Waals surface area contributed by atoms with Crippen molar-refractivity contribution < 1.29 is 4.39 Å². The predicted octanol–water partition coefficient (Wildman–Crippen LogP) is 2.15. The second-order valence-electron chi connectivity index (χ2n) is 2.76. The Morgan fingerprint density at radius 2 is 2.09 bits per heavy atom. The van der Waals surface area contributed by atoms with Crippen LogP contribution in [0.5, 0.6) is 0 Å². The first-order valence-electron chi connectivity index (χ1n) is 3.63. The highest BCUT2D eigenvalue weighted by Gasteiger charge is 2.08. The molecule has 0 saturated heterocycles. The molecule has 60 valence electrons. The summed E-state index contributed by atoms with van der Waals surface area (Å²) in [5, 5.41) is 0. The van der Waals surface area contributed by atoms with Gasteiger partial charge in [0.05, 0.1) is 0 Å². The van der Waals surface area contributed by atoms with Crippen molar-refractivity contribution in [2.24, 2.45) is 5.73 Å². The first-order valence-corrected chi connectivity index (χ1v) is 3.63. The Bertz CT molecular complexity index is 235. The lowest BCUT2D eigenvalue weighted by Gasteiger charge is -2.09. The molecule has 0 amide bonds. The van der Waals surface area contributed by atoms with E-state index in [0.717, 1.165) is 5.56 Å². The average Bonchev–Trinajstić information content (AvgIpc) is 1.85. The summed E-state index contributed by atoms with van der Waals surface area (Å²) in [6.07, 6.45) is 0. The third-order valence-corrected chi connectivity index (χ3v) is 1.73. The maximum atomic E-state index is 13.0. The van der Waals surface area contributed by atoms with Crippen LogP contribution in [-0.2, 0) is 0 Å². The van der Waals surface area contributed by atoms with E-state index in [0.29, 0.717) is 5.56 Å².